The Balaban J connectivity index is 1.64. The molecule has 0 unspecified atom stereocenters. The van der Waals surface area contributed by atoms with Crippen LogP contribution >= 0.6 is 11.6 Å². The Kier molecular flexibility index (Phi) is 8.73. The lowest BCUT2D eigenvalue weighted by Crippen LogP contribution is -2.16. The standard InChI is InChI=1S/C28H23ClF3NO7/c1-4-36-27(34)38-15-37-26-21-13-22(29)24(35-3)14-23(21)33-16(2)25(26)17-5-7-18(8-6-17)39-19-9-11-20(12-10-19)40-28(30,31)32/h5-14H,4,15H2,1-3H3. The predicted molar refractivity (Wildman–Crippen MR) is 140 cm³/mol. The van der Waals surface area contributed by atoms with Crippen molar-refractivity contribution in [3.05, 3.63) is 71.4 Å². The second kappa shape index (κ2) is 12.2. The molecule has 8 nitrogen and oxygen atoms in total. The van der Waals surface area contributed by atoms with E-state index in [1.54, 1.807) is 50.2 Å². The van der Waals surface area contributed by atoms with Crippen LogP contribution in [0.5, 0.6) is 28.7 Å². The Morgan fingerprint density at radius 3 is 2.17 bits per heavy atom. The zero-order valence-corrected chi connectivity index (χ0v) is 22.3. The molecule has 0 atom stereocenters. The molecule has 0 saturated carbocycles. The Morgan fingerprint density at radius 2 is 1.57 bits per heavy atom. The third-order valence-electron chi connectivity index (χ3n) is 5.47. The highest BCUT2D eigenvalue weighted by molar-refractivity contribution is 6.33. The molecule has 1 heterocycles. The summed E-state index contributed by atoms with van der Waals surface area (Å²) in [4.78, 5) is 16.4. The Hall–Kier alpha value is -4.38. The zero-order valence-electron chi connectivity index (χ0n) is 21.5. The maximum Gasteiger partial charge on any atom is 0.573 e. The molecule has 0 bridgehead atoms. The molecule has 0 aliphatic rings. The first kappa shape index (κ1) is 28.6. The van der Waals surface area contributed by atoms with Gasteiger partial charge in [0.15, 0.2) is 0 Å². The van der Waals surface area contributed by atoms with Gasteiger partial charge < -0.3 is 28.4 Å². The Morgan fingerprint density at radius 1 is 0.950 bits per heavy atom. The Labute approximate surface area is 232 Å². The number of hydrogen-bond acceptors (Lipinski definition) is 8. The lowest BCUT2D eigenvalue weighted by Gasteiger charge is -2.18. The van der Waals surface area contributed by atoms with E-state index >= 15 is 0 Å². The Bertz CT molecular complexity index is 1490. The van der Waals surface area contributed by atoms with Crippen LogP contribution in [0.2, 0.25) is 5.02 Å². The third kappa shape index (κ3) is 6.97. The van der Waals surface area contributed by atoms with Gasteiger partial charge in [0.25, 0.3) is 0 Å². The molecule has 40 heavy (non-hydrogen) atoms. The smallest absolute Gasteiger partial charge is 0.495 e. The molecule has 0 aliphatic heterocycles. The van der Waals surface area contributed by atoms with Gasteiger partial charge in [0.05, 0.1) is 24.3 Å². The minimum Gasteiger partial charge on any atom is -0.495 e. The minimum atomic E-state index is -4.78. The van der Waals surface area contributed by atoms with Crippen LogP contribution in [0.25, 0.3) is 22.0 Å². The summed E-state index contributed by atoms with van der Waals surface area (Å²) < 4.78 is 67.8. The highest BCUT2D eigenvalue weighted by atomic mass is 35.5. The quantitative estimate of drug-likeness (QED) is 0.146. The molecular weight excluding hydrogens is 555 g/mol. The number of benzene rings is 3. The molecule has 0 N–H and O–H groups in total. The van der Waals surface area contributed by atoms with E-state index in [1.165, 1.54) is 19.2 Å². The van der Waals surface area contributed by atoms with E-state index in [4.69, 9.17) is 35.3 Å². The number of alkyl halides is 3. The number of halogens is 4. The maximum absolute atomic E-state index is 12.4. The molecule has 0 saturated heterocycles. The number of methoxy groups -OCH3 is 1. The van der Waals surface area contributed by atoms with E-state index in [1.807, 2.05) is 0 Å². The summed E-state index contributed by atoms with van der Waals surface area (Å²) in [6.45, 7) is 3.17. The van der Waals surface area contributed by atoms with E-state index < -0.39 is 19.3 Å². The number of carbonyl (C=O) groups is 1. The van der Waals surface area contributed by atoms with Crippen molar-refractivity contribution in [3.8, 4) is 39.9 Å². The molecule has 3 aromatic carbocycles. The van der Waals surface area contributed by atoms with Crippen molar-refractivity contribution >= 4 is 28.7 Å². The van der Waals surface area contributed by atoms with Gasteiger partial charge in [0.1, 0.15) is 28.7 Å². The SMILES string of the molecule is CCOC(=O)OCOc1c(-c2ccc(Oc3ccc(OC(F)(F)F)cc3)cc2)c(C)nc2cc(OC)c(Cl)cc12. The predicted octanol–water partition coefficient (Wildman–Crippen LogP) is 8.07. The molecule has 12 heteroatoms. The second-order valence-corrected chi connectivity index (χ2v) is 8.55. The van der Waals surface area contributed by atoms with Crippen molar-refractivity contribution in [2.45, 2.75) is 20.2 Å². The van der Waals surface area contributed by atoms with E-state index in [9.17, 15) is 18.0 Å². The maximum atomic E-state index is 12.4. The lowest BCUT2D eigenvalue weighted by molar-refractivity contribution is -0.274. The van der Waals surface area contributed by atoms with Gasteiger partial charge in [-0.15, -0.1) is 13.2 Å². The van der Waals surface area contributed by atoms with Gasteiger partial charge in [0, 0.05) is 22.7 Å². The van der Waals surface area contributed by atoms with Crippen LogP contribution in [0.3, 0.4) is 0 Å². The van der Waals surface area contributed by atoms with Crippen LogP contribution < -0.4 is 18.9 Å². The zero-order chi connectivity index (χ0) is 28.9. The average Bonchev–Trinajstić information content (AvgIpc) is 2.90. The van der Waals surface area contributed by atoms with Crippen LogP contribution in [0.1, 0.15) is 12.6 Å². The lowest BCUT2D eigenvalue weighted by atomic mass is 10.00. The summed E-state index contributed by atoms with van der Waals surface area (Å²) in [7, 11) is 1.49. The topological polar surface area (TPSA) is 85.3 Å². The monoisotopic (exact) mass is 577 g/mol. The van der Waals surface area contributed by atoms with Gasteiger partial charge in [-0.25, -0.2) is 4.79 Å². The molecule has 4 rings (SSSR count). The number of ether oxygens (including phenoxy) is 6. The van der Waals surface area contributed by atoms with Crippen molar-refractivity contribution in [2.24, 2.45) is 0 Å². The van der Waals surface area contributed by atoms with Gasteiger partial charge >= 0.3 is 12.5 Å². The van der Waals surface area contributed by atoms with Crippen molar-refractivity contribution in [1.29, 1.82) is 0 Å². The first-order chi connectivity index (χ1) is 19.1. The number of aryl methyl sites for hydroxylation is 1. The van der Waals surface area contributed by atoms with Crippen molar-refractivity contribution in [1.82, 2.24) is 4.98 Å². The summed E-state index contributed by atoms with van der Waals surface area (Å²) in [5.41, 5.74) is 2.47. The number of nitrogens with zero attached hydrogens (tertiary/aromatic N) is 1. The highest BCUT2D eigenvalue weighted by Crippen LogP contribution is 2.42. The summed E-state index contributed by atoms with van der Waals surface area (Å²) in [5, 5.41) is 0.888. The highest BCUT2D eigenvalue weighted by Gasteiger charge is 2.31. The molecule has 1 aromatic heterocycles. The van der Waals surface area contributed by atoms with E-state index in [2.05, 4.69) is 9.72 Å². The molecule has 0 radical (unpaired) electrons. The summed E-state index contributed by atoms with van der Waals surface area (Å²) >= 11 is 6.38. The fourth-order valence-corrected chi connectivity index (χ4v) is 4.07. The van der Waals surface area contributed by atoms with Crippen molar-refractivity contribution in [3.63, 3.8) is 0 Å². The van der Waals surface area contributed by atoms with Crippen LogP contribution in [0.15, 0.2) is 60.7 Å². The van der Waals surface area contributed by atoms with Crippen molar-refractivity contribution < 1.29 is 46.4 Å². The van der Waals surface area contributed by atoms with Gasteiger partial charge in [-0.05, 0) is 61.9 Å². The van der Waals surface area contributed by atoms with Gasteiger partial charge in [-0.2, -0.15) is 0 Å². The first-order valence-electron chi connectivity index (χ1n) is 11.8. The number of pyridine rings is 1. The molecular formula is C28H23ClF3NO7. The fraction of sp³-hybridized carbons (Fsp3) is 0.214. The van der Waals surface area contributed by atoms with Crippen LogP contribution in [-0.2, 0) is 9.47 Å². The molecule has 4 aromatic rings. The van der Waals surface area contributed by atoms with Crippen LogP contribution in [0.4, 0.5) is 18.0 Å². The molecule has 0 aliphatic carbocycles. The number of rotatable bonds is 9. The minimum absolute atomic E-state index is 0.149. The van der Waals surface area contributed by atoms with E-state index in [-0.39, 0.29) is 12.4 Å². The van der Waals surface area contributed by atoms with E-state index in [0.29, 0.717) is 55.7 Å². The third-order valence-corrected chi connectivity index (χ3v) is 5.77. The largest absolute Gasteiger partial charge is 0.573 e. The normalized spacial score (nSPS) is 11.2. The molecule has 0 fully saturated rings. The van der Waals surface area contributed by atoms with E-state index in [0.717, 1.165) is 12.1 Å². The number of aromatic nitrogens is 1. The van der Waals surface area contributed by atoms with Crippen LogP contribution in [-0.4, -0.2) is 38.0 Å². The van der Waals surface area contributed by atoms with Gasteiger partial charge in [-0.1, -0.05) is 23.7 Å². The number of fused-ring (bicyclic) bond motifs is 1. The summed E-state index contributed by atoms with van der Waals surface area (Å²) in [5.74, 6) is 1.19. The second-order valence-electron chi connectivity index (χ2n) is 8.14. The fourth-order valence-electron chi connectivity index (χ4n) is 3.83. The average molecular weight is 578 g/mol. The molecule has 0 spiro atoms. The summed E-state index contributed by atoms with van der Waals surface area (Å²) in [6.07, 6.45) is -5.66. The van der Waals surface area contributed by atoms with Crippen LogP contribution in [0, 0.1) is 6.92 Å². The van der Waals surface area contributed by atoms with Gasteiger partial charge in [0.2, 0.25) is 6.79 Å². The van der Waals surface area contributed by atoms with Gasteiger partial charge in [-0.3, -0.25) is 4.98 Å². The first-order valence-corrected chi connectivity index (χ1v) is 12.2. The molecule has 0 amide bonds. The number of hydrogen-bond donors (Lipinski definition) is 0. The van der Waals surface area contributed by atoms with Crippen molar-refractivity contribution in [2.75, 3.05) is 20.5 Å². The molecule has 210 valence electrons. The summed E-state index contributed by atoms with van der Waals surface area (Å²) in [6, 6.07) is 15.2. The number of carbonyl (C=O) groups excluding carboxylic acids is 1.